The Morgan fingerprint density at radius 3 is 2.12 bits per heavy atom. The van der Waals surface area contributed by atoms with E-state index in [1.807, 2.05) is 76.2 Å². The van der Waals surface area contributed by atoms with Gasteiger partial charge in [0.15, 0.2) is 0 Å². The van der Waals surface area contributed by atoms with Gasteiger partial charge in [-0.05, 0) is 55.6 Å². The van der Waals surface area contributed by atoms with Gasteiger partial charge in [0.05, 0.1) is 30.2 Å². The lowest BCUT2D eigenvalue weighted by Gasteiger charge is -2.35. The van der Waals surface area contributed by atoms with Crippen molar-refractivity contribution in [1.82, 2.24) is 26.3 Å². The highest BCUT2D eigenvalue weighted by atomic mass is 16.5. The first-order valence-electron chi connectivity index (χ1n) is 19.8. The smallest absolute Gasteiger partial charge is 0.326 e. The van der Waals surface area contributed by atoms with E-state index >= 15 is 0 Å². The topological polar surface area (TPSA) is 185 Å². The van der Waals surface area contributed by atoms with Crippen LogP contribution in [-0.2, 0) is 24.0 Å². The summed E-state index contributed by atoms with van der Waals surface area (Å²) in [5.41, 5.74) is 1.39. The molecule has 5 rings (SSSR count). The van der Waals surface area contributed by atoms with Crippen LogP contribution in [0.1, 0.15) is 85.5 Å². The highest BCUT2D eigenvalue weighted by Crippen LogP contribution is 2.39. The SMILES string of the molecule is CCC[C@H](NC(=O)[C@@H]1C[C@H](Oc2cc(-c3ccccc3)nc3cc(OC)ccc23)C[C@@H]1C(=O)N[C@H](C(=O)NC(C(=O)NC)C1CCCCC1)C(C)(C)C)C(=O)O. The number of carboxylic acid groups (broad SMARTS) is 1. The zero-order valence-electron chi connectivity index (χ0n) is 33.4. The zero-order valence-corrected chi connectivity index (χ0v) is 33.4. The maximum Gasteiger partial charge on any atom is 0.326 e. The van der Waals surface area contributed by atoms with Gasteiger partial charge in [-0.3, -0.25) is 19.2 Å². The first-order valence-corrected chi connectivity index (χ1v) is 19.8. The average Bonchev–Trinajstić information content (AvgIpc) is 3.62. The number of hydrogen-bond acceptors (Lipinski definition) is 8. The third kappa shape index (κ3) is 10.2. The van der Waals surface area contributed by atoms with Crippen molar-refractivity contribution in [3.8, 4) is 22.8 Å². The van der Waals surface area contributed by atoms with Crippen LogP contribution in [0.15, 0.2) is 54.6 Å². The number of nitrogens with zero attached hydrogens (tertiary/aromatic N) is 1. The van der Waals surface area contributed by atoms with E-state index in [-0.39, 0.29) is 31.1 Å². The minimum atomic E-state index is -1.16. The Kier molecular flexibility index (Phi) is 14.0. The van der Waals surface area contributed by atoms with Gasteiger partial charge in [-0.15, -0.1) is 0 Å². The average molecular weight is 772 g/mol. The lowest BCUT2D eigenvalue weighted by molar-refractivity contribution is -0.143. The molecule has 0 spiro atoms. The molecule has 4 amide bonds. The maximum atomic E-state index is 14.4. The molecule has 3 aromatic rings. The summed E-state index contributed by atoms with van der Waals surface area (Å²) in [5.74, 6) is -3.84. The number of aliphatic carboxylic acids is 1. The quantitative estimate of drug-likeness (QED) is 0.135. The third-order valence-corrected chi connectivity index (χ3v) is 11.1. The summed E-state index contributed by atoms with van der Waals surface area (Å²) in [6.07, 6.45) is 5.02. The molecule has 2 aliphatic carbocycles. The molecule has 1 heterocycles. The normalized spacial score (nSPS) is 20.3. The number of likely N-dealkylation sites (N-methyl/N-ethyl adjacent to an activating group) is 1. The molecule has 56 heavy (non-hydrogen) atoms. The number of amides is 4. The molecule has 2 aromatic carbocycles. The molecular weight excluding hydrogens is 714 g/mol. The number of carbonyl (C=O) groups excluding carboxylic acids is 4. The molecule has 13 heteroatoms. The highest BCUT2D eigenvalue weighted by Gasteiger charge is 2.47. The van der Waals surface area contributed by atoms with Crippen LogP contribution in [0.5, 0.6) is 11.5 Å². The number of nitrogens with one attached hydrogen (secondary N) is 4. The van der Waals surface area contributed by atoms with Crippen LogP contribution in [0.4, 0.5) is 0 Å². The molecule has 5 N–H and O–H groups in total. The van der Waals surface area contributed by atoms with Crippen LogP contribution in [0, 0.1) is 23.2 Å². The van der Waals surface area contributed by atoms with Crippen molar-refractivity contribution in [3.05, 3.63) is 54.6 Å². The summed E-state index contributed by atoms with van der Waals surface area (Å²) in [7, 11) is 3.12. The zero-order chi connectivity index (χ0) is 40.6. The van der Waals surface area contributed by atoms with Crippen molar-refractivity contribution in [3.63, 3.8) is 0 Å². The summed E-state index contributed by atoms with van der Waals surface area (Å²) in [6.45, 7) is 7.31. The van der Waals surface area contributed by atoms with Gasteiger partial charge in [-0.2, -0.15) is 0 Å². The molecule has 2 aliphatic rings. The molecule has 6 atom stereocenters. The van der Waals surface area contributed by atoms with Gasteiger partial charge in [0.2, 0.25) is 23.6 Å². The lowest BCUT2D eigenvalue weighted by Crippen LogP contribution is -2.60. The largest absolute Gasteiger partial charge is 0.497 e. The van der Waals surface area contributed by atoms with Gasteiger partial charge >= 0.3 is 5.97 Å². The molecule has 1 aromatic heterocycles. The van der Waals surface area contributed by atoms with Crippen molar-refractivity contribution in [2.75, 3.05) is 14.2 Å². The molecule has 2 saturated carbocycles. The highest BCUT2D eigenvalue weighted by molar-refractivity contribution is 5.95. The Morgan fingerprint density at radius 1 is 0.875 bits per heavy atom. The molecule has 2 fully saturated rings. The van der Waals surface area contributed by atoms with Gasteiger partial charge in [-0.1, -0.05) is 83.7 Å². The predicted octanol–water partition coefficient (Wildman–Crippen LogP) is 5.40. The molecular formula is C43H57N5O8. The van der Waals surface area contributed by atoms with Gasteiger partial charge in [-0.25, -0.2) is 9.78 Å². The van der Waals surface area contributed by atoms with Crippen LogP contribution >= 0.6 is 0 Å². The van der Waals surface area contributed by atoms with E-state index in [9.17, 15) is 29.1 Å². The lowest BCUT2D eigenvalue weighted by atomic mass is 9.82. The minimum absolute atomic E-state index is 0.0251. The van der Waals surface area contributed by atoms with Crippen LogP contribution < -0.4 is 30.7 Å². The van der Waals surface area contributed by atoms with Crippen molar-refractivity contribution in [2.24, 2.45) is 23.2 Å². The van der Waals surface area contributed by atoms with Crippen LogP contribution in [0.2, 0.25) is 0 Å². The molecule has 1 unspecified atom stereocenters. The van der Waals surface area contributed by atoms with E-state index < -0.39 is 65.2 Å². The Bertz CT molecular complexity index is 1870. The predicted molar refractivity (Wildman–Crippen MR) is 213 cm³/mol. The Hall–Kier alpha value is -5.20. The Balaban J connectivity index is 1.45. The van der Waals surface area contributed by atoms with Crippen molar-refractivity contribution >= 4 is 40.5 Å². The fourth-order valence-electron chi connectivity index (χ4n) is 8.01. The number of hydrogen-bond donors (Lipinski definition) is 5. The number of carboxylic acids is 1. The van der Waals surface area contributed by atoms with E-state index in [1.54, 1.807) is 20.2 Å². The summed E-state index contributed by atoms with van der Waals surface area (Å²) in [6, 6.07) is 14.0. The number of rotatable bonds is 15. The minimum Gasteiger partial charge on any atom is -0.497 e. The van der Waals surface area contributed by atoms with Crippen LogP contribution in [0.25, 0.3) is 22.2 Å². The molecule has 0 saturated heterocycles. The van der Waals surface area contributed by atoms with Gasteiger partial charge < -0.3 is 35.8 Å². The number of aromatic nitrogens is 1. The molecule has 0 aliphatic heterocycles. The number of pyridine rings is 1. The summed E-state index contributed by atoms with van der Waals surface area (Å²) in [5, 5.41) is 21.8. The molecule has 0 bridgehead atoms. The van der Waals surface area contributed by atoms with Crippen LogP contribution in [-0.4, -0.2) is 78.1 Å². The summed E-state index contributed by atoms with van der Waals surface area (Å²) in [4.78, 5) is 72.4. The standard InChI is InChI=1S/C43H57N5O8/c1-7-14-32(42(53)54)46-38(49)30-21-28(56-35-24-33(25-15-10-8-11-16-25)45-34-23-27(55-6)19-20-29(34)35)22-31(30)39(50)48-37(43(2,3)4)41(52)47-36(40(51)44-5)26-17-12-9-13-18-26/h8,10-11,15-16,19-20,23-24,26,28,30-32,36-37H,7,9,12-14,17-18,21-22H2,1-6H3,(H,44,51)(H,46,49)(H,47,52)(H,48,50)(H,53,54)/t28-,30+,31-,32-,36?,37+/m0/s1. The number of ether oxygens (including phenoxy) is 2. The van der Waals surface area contributed by atoms with E-state index in [0.29, 0.717) is 34.5 Å². The monoisotopic (exact) mass is 771 g/mol. The number of fused-ring (bicyclic) bond motifs is 1. The fourth-order valence-corrected chi connectivity index (χ4v) is 8.01. The maximum absolute atomic E-state index is 14.4. The number of benzene rings is 2. The molecule has 302 valence electrons. The second kappa shape index (κ2) is 18.6. The second-order valence-electron chi connectivity index (χ2n) is 16.2. The first-order chi connectivity index (χ1) is 26.7. The van der Waals surface area contributed by atoms with Crippen molar-refractivity contribution < 1.29 is 38.6 Å². The van der Waals surface area contributed by atoms with Gasteiger partial charge in [0, 0.05) is 30.1 Å². The second-order valence-corrected chi connectivity index (χ2v) is 16.2. The van der Waals surface area contributed by atoms with E-state index in [4.69, 9.17) is 14.5 Å². The summed E-state index contributed by atoms with van der Waals surface area (Å²) < 4.78 is 12.2. The fraction of sp³-hybridized carbons (Fsp3) is 0.535. The van der Waals surface area contributed by atoms with E-state index in [1.165, 1.54) is 0 Å². The third-order valence-electron chi connectivity index (χ3n) is 11.1. The summed E-state index contributed by atoms with van der Waals surface area (Å²) >= 11 is 0. The van der Waals surface area contributed by atoms with Crippen molar-refractivity contribution in [2.45, 2.75) is 110 Å². The number of carbonyl (C=O) groups is 5. The van der Waals surface area contributed by atoms with Crippen molar-refractivity contribution in [1.29, 1.82) is 0 Å². The van der Waals surface area contributed by atoms with E-state index in [0.717, 1.165) is 37.7 Å². The van der Waals surface area contributed by atoms with Crippen LogP contribution in [0.3, 0.4) is 0 Å². The first kappa shape index (κ1) is 42.0. The molecule has 0 radical (unpaired) electrons. The van der Waals surface area contributed by atoms with Gasteiger partial charge in [0.1, 0.15) is 35.7 Å². The Labute approximate surface area is 329 Å². The Morgan fingerprint density at radius 2 is 1.54 bits per heavy atom. The van der Waals surface area contributed by atoms with E-state index in [2.05, 4.69) is 21.3 Å². The van der Waals surface area contributed by atoms with Gasteiger partial charge in [0.25, 0.3) is 0 Å². The number of methoxy groups -OCH3 is 1. The molecule has 13 nitrogen and oxygen atoms in total.